The number of halogens is 1. The van der Waals surface area contributed by atoms with Gasteiger partial charge in [0.25, 0.3) is 0 Å². The summed E-state index contributed by atoms with van der Waals surface area (Å²) in [5, 5.41) is 10.0. The van der Waals surface area contributed by atoms with E-state index in [1.807, 2.05) is 20.8 Å². The molecule has 2 heterocycles. The molecule has 1 aromatic carbocycles. The lowest BCUT2D eigenvalue weighted by Gasteiger charge is -2.39. The summed E-state index contributed by atoms with van der Waals surface area (Å²) in [6.07, 6.45) is 2.59. The monoisotopic (exact) mass is 591 g/mol. The molecular weight excluding hydrogens is 562 g/mol. The van der Waals surface area contributed by atoms with Crippen molar-refractivity contribution in [1.82, 2.24) is 14.8 Å². The summed E-state index contributed by atoms with van der Waals surface area (Å²) in [6.45, 7) is 6.50. The van der Waals surface area contributed by atoms with Crippen molar-refractivity contribution in [2.75, 3.05) is 33.4 Å². The number of fused-ring (bicyclic) bond motifs is 1. The van der Waals surface area contributed by atoms with Crippen LogP contribution in [0.25, 0.3) is 0 Å². The maximum Gasteiger partial charge on any atom is 0.331 e. The SMILES string of the molecule is COc1cc2c(cc1Br)C(C(=O)O)N(C(=O)C(=O)N(CCCOCC#Cc1cncs1)C(C)(C)C)CC2. The summed E-state index contributed by atoms with van der Waals surface area (Å²) in [6, 6.07) is 2.14. The highest BCUT2D eigenvalue weighted by Crippen LogP contribution is 2.37. The molecule has 0 bridgehead atoms. The first-order valence-corrected chi connectivity index (χ1v) is 13.4. The van der Waals surface area contributed by atoms with Crippen molar-refractivity contribution in [2.45, 2.75) is 45.2 Å². The summed E-state index contributed by atoms with van der Waals surface area (Å²) < 4.78 is 11.4. The number of carboxylic acid groups (broad SMARTS) is 1. The number of hydrogen-bond acceptors (Lipinski definition) is 7. The Morgan fingerprint density at radius 1 is 1.32 bits per heavy atom. The number of thiazole rings is 1. The van der Waals surface area contributed by atoms with E-state index < -0.39 is 29.4 Å². The fraction of sp³-hybridized carbons (Fsp3) is 0.462. The molecule has 1 unspecified atom stereocenters. The van der Waals surface area contributed by atoms with Crippen LogP contribution in [0.3, 0.4) is 0 Å². The predicted octanol–water partition coefficient (Wildman–Crippen LogP) is 3.51. The lowest BCUT2D eigenvalue weighted by Crippen LogP contribution is -2.55. The molecular formula is C26H30BrN3O6S. The molecule has 2 amide bonds. The molecule has 1 atom stereocenters. The predicted molar refractivity (Wildman–Crippen MR) is 142 cm³/mol. The smallest absolute Gasteiger partial charge is 0.331 e. The molecule has 1 aromatic heterocycles. The molecule has 0 spiro atoms. The largest absolute Gasteiger partial charge is 0.496 e. The van der Waals surface area contributed by atoms with Crippen molar-refractivity contribution in [1.29, 1.82) is 0 Å². The number of carbonyl (C=O) groups excluding carboxylic acids is 2. The topological polar surface area (TPSA) is 109 Å². The van der Waals surface area contributed by atoms with Crippen molar-refractivity contribution >= 4 is 45.1 Å². The van der Waals surface area contributed by atoms with Gasteiger partial charge >= 0.3 is 17.8 Å². The van der Waals surface area contributed by atoms with Crippen molar-refractivity contribution in [3.8, 4) is 17.6 Å². The normalized spacial score (nSPS) is 14.8. The van der Waals surface area contributed by atoms with Gasteiger partial charge in [-0.1, -0.05) is 11.8 Å². The number of hydrogen-bond donors (Lipinski definition) is 1. The van der Waals surface area contributed by atoms with Gasteiger partial charge < -0.3 is 24.4 Å². The number of nitrogens with zero attached hydrogens (tertiary/aromatic N) is 3. The van der Waals surface area contributed by atoms with Crippen molar-refractivity contribution in [3.05, 3.63) is 44.3 Å². The van der Waals surface area contributed by atoms with E-state index >= 15 is 0 Å². The van der Waals surface area contributed by atoms with Gasteiger partial charge in [0.05, 0.1) is 28.2 Å². The molecule has 0 saturated carbocycles. The second-order valence-electron chi connectivity index (χ2n) is 9.38. The van der Waals surface area contributed by atoms with E-state index in [-0.39, 0.29) is 19.7 Å². The van der Waals surface area contributed by atoms with Crippen molar-refractivity contribution in [2.24, 2.45) is 0 Å². The quantitative estimate of drug-likeness (QED) is 0.298. The Balaban J connectivity index is 1.68. The molecule has 1 aliphatic heterocycles. The second-order valence-corrected chi connectivity index (χ2v) is 11.1. The van der Waals surface area contributed by atoms with Crippen molar-refractivity contribution in [3.63, 3.8) is 0 Å². The van der Waals surface area contributed by atoms with Gasteiger partial charge in [0.15, 0.2) is 6.04 Å². The average molecular weight is 593 g/mol. The van der Waals surface area contributed by atoms with Crippen LogP contribution in [-0.2, 0) is 25.5 Å². The van der Waals surface area contributed by atoms with Gasteiger partial charge in [-0.05, 0) is 72.8 Å². The summed E-state index contributed by atoms with van der Waals surface area (Å²) >= 11 is 4.84. The lowest BCUT2D eigenvalue weighted by atomic mass is 9.92. The van der Waals surface area contributed by atoms with Gasteiger partial charge in [-0.25, -0.2) is 4.79 Å². The number of aliphatic carboxylic acids is 1. The first-order valence-electron chi connectivity index (χ1n) is 11.7. The number of ether oxygens (including phenoxy) is 2. The van der Waals surface area contributed by atoms with Gasteiger partial charge in [-0.3, -0.25) is 14.6 Å². The van der Waals surface area contributed by atoms with Crippen LogP contribution >= 0.6 is 27.3 Å². The van der Waals surface area contributed by atoms with Gasteiger partial charge in [0.1, 0.15) is 12.4 Å². The number of amides is 2. The summed E-state index contributed by atoms with van der Waals surface area (Å²) in [7, 11) is 1.53. The van der Waals surface area contributed by atoms with Gasteiger partial charge in [0, 0.05) is 25.2 Å². The maximum atomic E-state index is 13.4. The third kappa shape index (κ3) is 7.09. The van der Waals surface area contributed by atoms with Crippen LogP contribution in [-0.4, -0.2) is 76.6 Å². The molecule has 9 nitrogen and oxygen atoms in total. The van der Waals surface area contributed by atoms with E-state index in [1.165, 1.54) is 23.3 Å². The van der Waals surface area contributed by atoms with E-state index in [9.17, 15) is 19.5 Å². The third-order valence-corrected chi connectivity index (χ3v) is 7.17. The first kappa shape index (κ1) is 28.6. The highest BCUT2D eigenvalue weighted by molar-refractivity contribution is 9.10. The maximum absolute atomic E-state index is 13.4. The zero-order valence-electron chi connectivity index (χ0n) is 21.2. The van der Waals surface area contributed by atoms with Crippen LogP contribution in [0.2, 0.25) is 0 Å². The van der Waals surface area contributed by atoms with E-state index in [0.29, 0.717) is 35.2 Å². The van der Waals surface area contributed by atoms with Crippen LogP contribution in [0, 0.1) is 11.8 Å². The fourth-order valence-electron chi connectivity index (χ4n) is 4.09. The molecule has 3 rings (SSSR count). The zero-order valence-corrected chi connectivity index (χ0v) is 23.6. The Morgan fingerprint density at radius 2 is 2.08 bits per heavy atom. The number of benzene rings is 1. The zero-order chi connectivity index (χ0) is 27.2. The van der Waals surface area contributed by atoms with E-state index in [1.54, 1.807) is 23.8 Å². The van der Waals surface area contributed by atoms with Crippen LogP contribution in [0.5, 0.6) is 5.75 Å². The third-order valence-electron chi connectivity index (χ3n) is 5.86. The summed E-state index contributed by atoms with van der Waals surface area (Å²) in [4.78, 5) is 46.5. The Kier molecular flexibility index (Phi) is 9.70. The molecule has 1 N–H and O–H groups in total. The lowest BCUT2D eigenvalue weighted by molar-refractivity contribution is -0.160. The number of methoxy groups -OCH3 is 1. The highest BCUT2D eigenvalue weighted by Gasteiger charge is 2.41. The van der Waals surface area contributed by atoms with Crippen LogP contribution in [0.1, 0.15) is 49.2 Å². The van der Waals surface area contributed by atoms with Gasteiger partial charge in [-0.15, -0.1) is 11.3 Å². The number of rotatable bonds is 7. The van der Waals surface area contributed by atoms with Crippen molar-refractivity contribution < 1.29 is 29.0 Å². The molecule has 0 saturated heterocycles. The number of carbonyl (C=O) groups is 3. The molecule has 37 heavy (non-hydrogen) atoms. The number of aromatic nitrogens is 1. The second kappa shape index (κ2) is 12.5. The Bertz CT molecular complexity index is 1200. The Morgan fingerprint density at radius 3 is 2.70 bits per heavy atom. The van der Waals surface area contributed by atoms with Gasteiger partial charge in [-0.2, -0.15) is 0 Å². The Labute approximate surface area is 228 Å². The van der Waals surface area contributed by atoms with E-state index in [4.69, 9.17) is 9.47 Å². The van der Waals surface area contributed by atoms with E-state index in [0.717, 1.165) is 15.3 Å². The molecule has 0 fully saturated rings. The van der Waals surface area contributed by atoms with Crippen LogP contribution < -0.4 is 4.74 Å². The minimum absolute atomic E-state index is 0.110. The van der Waals surface area contributed by atoms with Gasteiger partial charge in [0.2, 0.25) is 0 Å². The average Bonchev–Trinajstić information content (AvgIpc) is 3.36. The molecule has 0 aliphatic carbocycles. The Hall–Kier alpha value is -2.94. The minimum atomic E-state index is -1.27. The number of carboxylic acids is 1. The molecule has 0 radical (unpaired) electrons. The van der Waals surface area contributed by atoms with E-state index in [2.05, 4.69) is 32.8 Å². The summed E-state index contributed by atoms with van der Waals surface area (Å²) in [5.74, 6) is 3.68. The van der Waals surface area contributed by atoms with Crippen LogP contribution in [0.15, 0.2) is 28.3 Å². The molecule has 1 aliphatic rings. The minimum Gasteiger partial charge on any atom is -0.496 e. The standard InChI is InChI=1S/C26H30BrN3O6S/c1-26(2,3)30(9-6-12-36-11-5-7-18-15-28-16-37-18)24(32)23(31)29-10-8-17-13-21(35-4)20(27)14-19(17)22(29)25(33)34/h13-16,22H,6,8-12H2,1-4H3,(H,33,34). The molecule has 11 heteroatoms. The first-order chi connectivity index (χ1) is 17.5. The molecule has 198 valence electrons. The summed E-state index contributed by atoms with van der Waals surface area (Å²) in [5.41, 5.74) is 2.29. The highest BCUT2D eigenvalue weighted by atomic mass is 79.9. The molecule has 2 aromatic rings. The fourth-order valence-corrected chi connectivity index (χ4v) is 5.10. The van der Waals surface area contributed by atoms with Crippen LogP contribution in [0.4, 0.5) is 0 Å².